The van der Waals surface area contributed by atoms with Crippen LogP contribution in [0.25, 0.3) is 16.9 Å². The molecule has 0 unspecified atom stereocenters. The second-order valence-corrected chi connectivity index (χ2v) is 10.3. The van der Waals surface area contributed by atoms with E-state index in [1.807, 2.05) is 55.4 Å². The summed E-state index contributed by atoms with van der Waals surface area (Å²) in [5.41, 5.74) is 4.65. The quantitative estimate of drug-likeness (QED) is 0.200. The summed E-state index contributed by atoms with van der Waals surface area (Å²) in [6.07, 6.45) is 0.526. The Morgan fingerprint density at radius 2 is 1.93 bits per heavy atom. The summed E-state index contributed by atoms with van der Waals surface area (Å²) >= 11 is 0. The van der Waals surface area contributed by atoms with Crippen LogP contribution < -0.4 is 0 Å². The number of hydrogen-bond donors (Lipinski definition) is 0. The number of aromatic nitrogens is 5. The van der Waals surface area contributed by atoms with Crippen molar-refractivity contribution < 1.29 is 27.1 Å². The molecule has 0 bridgehead atoms. The van der Waals surface area contributed by atoms with Crippen LogP contribution in [0.1, 0.15) is 29.2 Å². The average Bonchev–Trinajstić information content (AvgIpc) is 3.61. The van der Waals surface area contributed by atoms with Crippen LogP contribution >= 0.6 is 0 Å². The van der Waals surface area contributed by atoms with Gasteiger partial charge in [0.2, 0.25) is 5.95 Å². The van der Waals surface area contributed by atoms with Crippen LogP contribution in [-0.4, -0.2) is 67.8 Å². The summed E-state index contributed by atoms with van der Waals surface area (Å²) in [4.78, 5) is 19.1. The van der Waals surface area contributed by atoms with Gasteiger partial charge in [-0.15, -0.1) is 13.2 Å². The lowest BCUT2D eigenvalue weighted by molar-refractivity contribution is -0.324. The van der Waals surface area contributed by atoms with Crippen LogP contribution in [0.5, 0.6) is 0 Å². The molecule has 0 spiro atoms. The third-order valence-electron chi connectivity index (χ3n) is 7.45. The Bertz CT molecular complexity index is 1500. The highest BCUT2D eigenvalue weighted by Crippen LogP contribution is 2.36. The molecule has 1 saturated heterocycles. The van der Waals surface area contributed by atoms with Crippen molar-refractivity contribution in [1.29, 1.82) is 0 Å². The van der Waals surface area contributed by atoms with Crippen molar-refractivity contribution in [3.8, 4) is 16.9 Å². The molecule has 1 aliphatic rings. The van der Waals surface area contributed by atoms with Gasteiger partial charge in [0, 0.05) is 63.4 Å². The molecule has 216 valence electrons. The van der Waals surface area contributed by atoms with Crippen molar-refractivity contribution in [1.82, 2.24) is 29.4 Å². The molecule has 4 aromatic rings. The van der Waals surface area contributed by atoms with Crippen molar-refractivity contribution in [2.24, 2.45) is 13.0 Å². The van der Waals surface area contributed by atoms with Gasteiger partial charge in [0.15, 0.2) is 0 Å². The zero-order valence-electron chi connectivity index (χ0n) is 22.7. The number of Topliss-reactive ketones (excluding diaryl/α,β-unsaturated/α-hetero) is 1. The molecular weight excluding hydrogens is 540 g/mol. The minimum Gasteiger partial charge on any atom is -0.300 e. The summed E-state index contributed by atoms with van der Waals surface area (Å²) in [7, 11) is 1.82. The summed E-state index contributed by atoms with van der Waals surface area (Å²) in [5, 5.41) is 9.09. The zero-order valence-corrected chi connectivity index (χ0v) is 22.7. The van der Waals surface area contributed by atoms with Gasteiger partial charge in [0.1, 0.15) is 5.78 Å². The highest BCUT2D eigenvalue weighted by Gasteiger charge is 2.36. The van der Waals surface area contributed by atoms with Crippen LogP contribution in [0.2, 0.25) is 0 Å². The van der Waals surface area contributed by atoms with E-state index in [0.29, 0.717) is 18.7 Å². The number of alkyl halides is 3. The number of nitrogens with zero attached hydrogens (tertiary/aromatic N) is 6. The van der Waals surface area contributed by atoms with E-state index in [2.05, 4.69) is 14.8 Å². The van der Waals surface area contributed by atoms with E-state index in [-0.39, 0.29) is 37.0 Å². The molecule has 0 saturated carbocycles. The number of carbonyl (C=O) groups excluding carboxylic acids is 1. The van der Waals surface area contributed by atoms with Crippen molar-refractivity contribution in [2.75, 3.05) is 26.2 Å². The van der Waals surface area contributed by atoms with Crippen LogP contribution in [0.15, 0.2) is 61.1 Å². The lowest BCUT2D eigenvalue weighted by Gasteiger charge is -2.18. The highest BCUT2D eigenvalue weighted by molar-refractivity contribution is 5.82. The molecule has 5 rings (SSSR count). The van der Waals surface area contributed by atoms with E-state index in [1.165, 1.54) is 12.3 Å². The third kappa shape index (κ3) is 6.88. The van der Waals surface area contributed by atoms with Crippen molar-refractivity contribution in [3.63, 3.8) is 0 Å². The standard InChI is InChI=1S/C29H30F4N6O2/c1-19-26(39(23-6-4-3-5-7-23)36-28(19)22-15-35-37(2)16-22)14-24(40)12-21-17-38(10-11-41-29(31,32)33)18-25(21)20-8-9-34-27(30)13-20/h3-9,13,15-16,21,25H,10-12,14,17-18H2,1-2H3/t21-,25+/m1/s1. The van der Waals surface area contributed by atoms with Crippen LogP contribution in [0, 0.1) is 18.8 Å². The van der Waals surface area contributed by atoms with Crippen LogP contribution in [0.3, 0.4) is 0 Å². The normalized spacial score (nSPS) is 17.8. The van der Waals surface area contributed by atoms with Gasteiger partial charge in [-0.05, 0) is 48.2 Å². The van der Waals surface area contributed by atoms with Crippen molar-refractivity contribution in [3.05, 3.63) is 83.8 Å². The summed E-state index contributed by atoms with van der Waals surface area (Å²) < 4.78 is 59.0. The maximum atomic E-state index is 14.0. The maximum absolute atomic E-state index is 14.0. The van der Waals surface area contributed by atoms with E-state index >= 15 is 0 Å². The van der Waals surface area contributed by atoms with Gasteiger partial charge in [-0.3, -0.25) is 14.2 Å². The largest absolute Gasteiger partial charge is 0.522 e. The molecule has 2 atom stereocenters. The van der Waals surface area contributed by atoms with E-state index < -0.39 is 18.9 Å². The van der Waals surface area contributed by atoms with Gasteiger partial charge in [0.25, 0.3) is 0 Å². The van der Waals surface area contributed by atoms with Crippen molar-refractivity contribution in [2.45, 2.75) is 32.0 Å². The SMILES string of the molecule is Cc1c(-c2cnn(C)c2)nn(-c2ccccc2)c1CC(=O)C[C@@H]1CN(CCOC(F)(F)F)C[C@H]1c1ccnc(F)c1. The monoisotopic (exact) mass is 570 g/mol. The number of pyridine rings is 1. The highest BCUT2D eigenvalue weighted by atomic mass is 19.4. The maximum Gasteiger partial charge on any atom is 0.522 e. The van der Waals surface area contributed by atoms with Gasteiger partial charge in [-0.1, -0.05) is 18.2 Å². The molecule has 1 aliphatic heterocycles. The molecule has 8 nitrogen and oxygen atoms in total. The lowest BCUT2D eigenvalue weighted by Crippen LogP contribution is -2.28. The van der Waals surface area contributed by atoms with Gasteiger partial charge in [-0.2, -0.15) is 14.6 Å². The fourth-order valence-corrected chi connectivity index (χ4v) is 5.56. The molecule has 12 heteroatoms. The number of ketones is 1. The van der Waals surface area contributed by atoms with E-state index in [4.69, 9.17) is 5.10 Å². The summed E-state index contributed by atoms with van der Waals surface area (Å²) in [6, 6.07) is 12.5. The predicted molar refractivity (Wildman–Crippen MR) is 143 cm³/mol. The smallest absolute Gasteiger partial charge is 0.300 e. The molecule has 3 aromatic heterocycles. The number of halogens is 4. The Kier molecular flexibility index (Phi) is 8.32. The Morgan fingerprint density at radius 3 is 2.61 bits per heavy atom. The number of likely N-dealkylation sites (tertiary alicyclic amines) is 1. The summed E-state index contributed by atoms with van der Waals surface area (Å²) in [5.74, 6) is -1.15. The fraction of sp³-hybridized carbons (Fsp3) is 0.379. The number of carbonyl (C=O) groups is 1. The van der Waals surface area contributed by atoms with Gasteiger partial charge < -0.3 is 4.90 Å². The Labute approximate surface area is 234 Å². The number of para-hydroxylation sites is 1. The second kappa shape index (κ2) is 11.9. The molecule has 41 heavy (non-hydrogen) atoms. The van der Waals surface area contributed by atoms with Crippen LogP contribution in [-0.2, 0) is 23.0 Å². The zero-order chi connectivity index (χ0) is 29.1. The Hall–Kier alpha value is -3.90. The van der Waals surface area contributed by atoms with E-state index in [9.17, 15) is 22.4 Å². The lowest BCUT2D eigenvalue weighted by atomic mass is 9.85. The topological polar surface area (TPSA) is 78.1 Å². The molecule has 4 heterocycles. The molecule has 0 aliphatic carbocycles. The molecular formula is C29H30F4N6O2. The number of rotatable bonds is 10. The first kappa shape index (κ1) is 28.6. The first-order chi connectivity index (χ1) is 19.6. The fourth-order valence-electron chi connectivity index (χ4n) is 5.56. The van der Waals surface area contributed by atoms with Gasteiger partial charge >= 0.3 is 6.36 Å². The van der Waals surface area contributed by atoms with Gasteiger partial charge in [-0.25, -0.2) is 9.67 Å². The number of aryl methyl sites for hydroxylation is 1. The predicted octanol–water partition coefficient (Wildman–Crippen LogP) is 4.87. The first-order valence-electron chi connectivity index (χ1n) is 13.3. The molecule has 1 aromatic carbocycles. The molecule has 0 amide bonds. The number of benzene rings is 1. The Balaban J connectivity index is 1.38. The number of ether oxygens (including phenoxy) is 1. The summed E-state index contributed by atoms with van der Waals surface area (Å²) in [6.45, 7) is 2.23. The van der Waals surface area contributed by atoms with Crippen LogP contribution in [0.4, 0.5) is 17.6 Å². The first-order valence-corrected chi connectivity index (χ1v) is 13.3. The van der Waals surface area contributed by atoms with Crippen molar-refractivity contribution >= 4 is 5.78 Å². The average molecular weight is 571 g/mol. The number of hydrogen-bond acceptors (Lipinski definition) is 6. The molecule has 1 fully saturated rings. The van der Waals surface area contributed by atoms with E-state index in [1.54, 1.807) is 21.6 Å². The second-order valence-electron chi connectivity index (χ2n) is 10.3. The molecule has 0 radical (unpaired) electrons. The third-order valence-corrected chi connectivity index (χ3v) is 7.45. The Morgan fingerprint density at radius 1 is 1.15 bits per heavy atom. The minimum atomic E-state index is -4.71. The molecule has 0 N–H and O–H groups in total. The minimum absolute atomic E-state index is 0.0409. The van der Waals surface area contributed by atoms with Gasteiger partial charge in [0.05, 0.1) is 29.9 Å². The van der Waals surface area contributed by atoms with E-state index in [0.717, 1.165) is 28.2 Å².